The molecule has 6 rings (SSSR count). The van der Waals surface area contributed by atoms with Crippen LogP contribution >= 0.6 is 0 Å². The summed E-state index contributed by atoms with van der Waals surface area (Å²) in [7, 11) is 1.95. The van der Waals surface area contributed by atoms with Crippen molar-refractivity contribution in [2.45, 2.75) is 18.8 Å². The molecule has 4 aromatic heterocycles. The molecule has 0 spiro atoms. The number of fused-ring (bicyclic) bond motifs is 1. The number of likely N-dealkylation sites (tertiary alicyclic amines) is 1. The molecule has 12 heteroatoms. The van der Waals surface area contributed by atoms with Crippen molar-refractivity contribution in [2.75, 3.05) is 44.3 Å². The molecule has 36 heavy (non-hydrogen) atoms. The summed E-state index contributed by atoms with van der Waals surface area (Å²) < 4.78 is 9.21. The molecule has 2 aliphatic heterocycles. The molecule has 6 heterocycles. The Bertz CT molecular complexity index is 1390. The second-order valence-corrected chi connectivity index (χ2v) is 9.10. The monoisotopic (exact) mass is 489 g/mol. The lowest BCUT2D eigenvalue weighted by Gasteiger charge is -2.29. The van der Waals surface area contributed by atoms with E-state index in [1.807, 2.05) is 36.0 Å². The topological polar surface area (TPSA) is 127 Å². The Morgan fingerprint density at radius 2 is 1.89 bits per heavy atom. The van der Waals surface area contributed by atoms with Gasteiger partial charge in [0.1, 0.15) is 5.82 Å². The summed E-state index contributed by atoms with van der Waals surface area (Å²) in [6.07, 6.45) is 6.17. The van der Waals surface area contributed by atoms with E-state index >= 15 is 0 Å². The van der Waals surface area contributed by atoms with Gasteiger partial charge in [-0.15, -0.1) is 0 Å². The number of rotatable bonds is 4. The quantitative estimate of drug-likeness (QED) is 0.459. The Kier molecular flexibility index (Phi) is 5.72. The van der Waals surface area contributed by atoms with Gasteiger partial charge < -0.3 is 24.2 Å². The van der Waals surface area contributed by atoms with Crippen LogP contribution in [0, 0.1) is 0 Å². The van der Waals surface area contributed by atoms with Crippen LogP contribution in [0.3, 0.4) is 0 Å². The van der Waals surface area contributed by atoms with Crippen molar-refractivity contribution >= 4 is 23.1 Å². The van der Waals surface area contributed by atoms with Crippen LogP contribution in [0.4, 0.5) is 10.6 Å². The van der Waals surface area contributed by atoms with Crippen molar-refractivity contribution in [3.63, 3.8) is 0 Å². The second-order valence-electron chi connectivity index (χ2n) is 9.10. The minimum atomic E-state index is -0.885. The number of pyridine rings is 1. The van der Waals surface area contributed by atoms with E-state index < -0.39 is 6.09 Å². The predicted molar refractivity (Wildman–Crippen MR) is 131 cm³/mol. The number of ether oxygens (including phenoxy) is 1. The highest BCUT2D eigenvalue weighted by molar-refractivity contribution is 5.87. The minimum Gasteiger partial charge on any atom is -0.465 e. The fourth-order valence-corrected chi connectivity index (χ4v) is 4.95. The van der Waals surface area contributed by atoms with E-state index in [2.05, 4.69) is 9.88 Å². The van der Waals surface area contributed by atoms with E-state index in [0.29, 0.717) is 51.0 Å². The van der Waals surface area contributed by atoms with Gasteiger partial charge in [-0.2, -0.15) is 15.1 Å². The van der Waals surface area contributed by atoms with Crippen LogP contribution in [-0.4, -0.2) is 89.8 Å². The molecule has 0 radical (unpaired) electrons. The van der Waals surface area contributed by atoms with Gasteiger partial charge in [-0.3, -0.25) is 4.98 Å². The lowest BCUT2D eigenvalue weighted by atomic mass is 9.95. The molecule has 186 valence electrons. The SMILES string of the molecule is Cn1c(-c2ccncc2)nc2c(N3CCOCC3)nc(-n3ccc(C4CCCN(C(=O)O)C4)n3)nc21. The lowest BCUT2D eigenvalue weighted by Crippen LogP contribution is -2.38. The number of carbonyl (C=O) groups is 1. The molecule has 0 saturated carbocycles. The summed E-state index contributed by atoms with van der Waals surface area (Å²) in [4.78, 5) is 33.9. The van der Waals surface area contributed by atoms with Gasteiger partial charge in [-0.1, -0.05) is 0 Å². The molecule has 2 fully saturated rings. The maximum atomic E-state index is 11.5. The third-order valence-electron chi connectivity index (χ3n) is 6.86. The highest BCUT2D eigenvalue weighted by Crippen LogP contribution is 2.30. The van der Waals surface area contributed by atoms with Crippen LogP contribution in [0.15, 0.2) is 36.8 Å². The number of aryl methyl sites for hydroxylation is 1. The van der Waals surface area contributed by atoms with Crippen molar-refractivity contribution in [1.29, 1.82) is 0 Å². The average molecular weight is 490 g/mol. The van der Waals surface area contributed by atoms with Gasteiger partial charge in [-0.05, 0) is 31.0 Å². The Morgan fingerprint density at radius 1 is 1.08 bits per heavy atom. The van der Waals surface area contributed by atoms with Gasteiger partial charge in [0.25, 0.3) is 5.95 Å². The number of carboxylic acid groups (broad SMARTS) is 1. The molecule has 4 aromatic rings. The van der Waals surface area contributed by atoms with Crippen LogP contribution in [0.25, 0.3) is 28.5 Å². The van der Waals surface area contributed by atoms with E-state index in [1.54, 1.807) is 17.1 Å². The third-order valence-corrected chi connectivity index (χ3v) is 6.86. The number of morpholine rings is 1. The zero-order valence-electron chi connectivity index (χ0n) is 20.0. The van der Waals surface area contributed by atoms with Crippen LogP contribution in [0.1, 0.15) is 24.5 Å². The Labute approximate surface area is 207 Å². The number of aromatic nitrogens is 7. The van der Waals surface area contributed by atoms with E-state index in [-0.39, 0.29) is 5.92 Å². The summed E-state index contributed by atoms with van der Waals surface area (Å²) >= 11 is 0. The van der Waals surface area contributed by atoms with Gasteiger partial charge in [0.05, 0.1) is 18.9 Å². The predicted octanol–water partition coefficient (Wildman–Crippen LogP) is 2.30. The Morgan fingerprint density at radius 3 is 2.67 bits per heavy atom. The van der Waals surface area contributed by atoms with Crippen LogP contribution in [0.5, 0.6) is 0 Å². The first kappa shape index (κ1) is 22.4. The number of anilines is 1. The van der Waals surface area contributed by atoms with Gasteiger partial charge >= 0.3 is 6.09 Å². The number of hydrogen-bond acceptors (Lipinski definition) is 8. The zero-order valence-corrected chi connectivity index (χ0v) is 20.0. The number of nitrogens with zero attached hydrogens (tertiary/aromatic N) is 9. The van der Waals surface area contributed by atoms with E-state index in [9.17, 15) is 9.90 Å². The molecule has 1 atom stereocenters. The summed E-state index contributed by atoms with van der Waals surface area (Å²) in [5, 5.41) is 14.2. The number of piperidine rings is 1. The van der Waals surface area contributed by atoms with E-state index in [0.717, 1.165) is 41.3 Å². The molecule has 12 nitrogen and oxygen atoms in total. The summed E-state index contributed by atoms with van der Waals surface area (Å²) in [6, 6.07) is 5.78. The van der Waals surface area contributed by atoms with Crippen molar-refractivity contribution < 1.29 is 14.6 Å². The maximum absolute atomic E-state index is 11.5. The van der Waals surface area contributed by atoms with Crippen LogP contribution in [-0.2, 0) is 11.8 Å². The average Bonchev–Trinajstić information content (AvgIpc) is 3.55. The number of hydrogen-bond donors (Lipinski definition) is 1. The second kappa shape index (κ2) is 9.19. The first-order valence-corrected chi connectivity index (χ1v) is 12.1. The molecule has 0 bridgehead atoms. The molecule has 2 aliphatic rings. The smallest absolute Gasteiger partial charge is 0.407 e. The molecule has 1 amide bonds. The van der Waals surface area contributed by atoms with Crippen molar-refractivity contribution in [3.05, 3.63) is 42.5 Å². The summed E-state index contributed by atoms with van der Waals surface area (Å²) in [5.41, 5.74) is 3.23. The molecule has 2 saturated heterocycles. The zero-order chi connectivity index (χ0) is 24.6. The molecular weight excluding hydrogens is 462 g/mol. The van der Waals surface area contributed by atoms with Crippen LogP contribution in [0.2, 0.25) is 0 Å². The molecule has 1 unspecified atom stereocenters. The normalized spacial score (nSPS) is 18.6. The highest BCUT2D eigenvalue weighted by atomic mass is 16.5. The minimum absolute atomic E-state index is 0.0496. The molecule has 1 N–H and O–H groups in total. The highest BCUT2D eigenvalue weighted by Gasteiger charge is 2.27. The molecule has 0 aromatic carbocycles. The number of imidazole rings is 1. The van der Waals surface area contributed by atoms with Gasteiger partial charge in [-0.25, -0.2) is 14.5 Å². The van der Waals surface area contributed by atoms with E-state index in [4.69, 9.17) is 24.8 Å². The summed E-state index contributed by atoms with van der Waals surface area (Å²) in [6.45, 7) is 3.68. The Balaban J connectivity index is 1.42. The fourth-order valence-electron chi connectivity index (χ4n) is 4.95. The van der Waals surface area contributed by atoms with Crippen molar-refractivity contribution in [2.24, 2.45) is 7.05 Å². The molecule has 0 aliphatic carbocycles. The maximum Gasteiger partial charge on any atom is 0.407 e. The van der Waals surface area contributed by atoms with Crippen LogP contribution < -0.4 is 4.90 Å². The van der Waals surface area contributed by atoms with E-state index in [1.165, 1.54) is 4.90 Å². The Hall–Kier alpha value is -4.06. The summed E-state index contributed by atoms with van der Waals surface area (Å²) in [5.74, 6) is 2.03. The first-order chi connectivity index (χ1) is 17.6. The fraction of sp³-hybridized carbons (Fsp3) is 0.417. The first-order valence-electron chi connectivity index (χ1n) is 12.1. The van der Waals surface area contributed by atoms with Gasteiger partial charge in [0, 0.05) is 63.3 Å². The lowest BCUT2D eigenvalue weighted by molar-refractivity contribution is 0.122. The standard InChI is InChI=1S/C24H27N9O3/c1-30-20(16-4-7-25-8-5-16)26-19-21(30)27-23(28-22(19)31-11-13-36-14-12-31)33-10-6-18(29-33)17-3-2-9-32(15-17)24(34)35/h4-8,10,17H,2-3,9,11-15H2,1H3,(H,34,35). The third kappa shape index (κ3) is 4.02. The van der Waals surface area contributed by atoms with Gasteiger partial charge in [0.15, 0.2) is 17.0 Å². The number of amides is 1. The van der Waals surface area contributed by atoms with Crippen molar-refractivity contribution in [1.82, 2.24) is 39.2 Å². The van der Waals surface area contributed by atoms with Gasteiger partial charge in [0.2, 0.25) is 0 Å². The largest absolute Gasteiger partial charge is 0.465 e. The van der Waals surface area contributed by atoms with Crippen molar-refractivity contribution in [3.8, 4) is 17.3 Å². The molecular formula is C24H27N9O3.